The second-order valence-corrected chi connectivity index (χ2v) is 4.94. The fraction of sp³-hybridized carbons (Fsp3) is 0.118. The maximum Gasteiger partial charge on any atom is 0.131 e. The monoisotopic (exact) mass is 248 g/mol. The molecule has 0 unspecified atom stereocenters. The largest absolute Gasteiger partial charge is 0.383 e. The van der Waals surface area contributed by atoms with E-state index >= 15 is 0 Å². The van der Waals surface area contributed by atoms with Crippen molar-refractivity contribution in [1.29, 1.82) is 0 Å². The summed E-state index contributed by atoms with van der Waals surface area (Å²) in [5.41, 5.74) is 11.6. The summed E-state index contributed by atoms with van der Waals surface area (Å²) in [4.78, 5) is 4.55. The van der Waals surface area contributed by atoms with Gasteiger partial charge in [-0.3, -0.25) is 0 Å². The van der Waals surface area contributed by atoms with Gasteiger partial charge in [0, 0.05) is 10.9 Å². The molecule has 0 bridgehead atoms. The number of nitrogen functional groups attached to an aromatic ring is 1. The molecular weight excluding hydrogens is 232 g/mol. The van der Waals surface area contributed by atoms with E-state index in [1.807, 2.05) is 18.2 Å². The molecule has 3 rings (SSSR count). The minimum atomic E-state index is 0.587. The van der Waals surface area contributed by atoms with Crippen LogP contribution in [0, 0.1) is 13.8 Å². The van der Waals surface area contributed by atoms with Crippen molar-refractivity contribution in [3.63, 3.8) is 0 Å². The summed E-state index contributed by atoms with van der Waals surface area (Å²) in [6.07, 6.45) is 0. The highest BCUT2D eigenvalue weighted by Crippen LogP contribution is 2.30. The maximum absolute atomic E-state index is 6.11. The summed E-state index contributed by atoms with van der Waals surface area (Å²) in [5, 5.41) is 1.17. The van der Waals surface area contributed by atoms with E-state index in [1.165, 1.54) is 16.5 Å². The first kappa shape index (κ1) is 11.7. The SMILES string of the molecule is Cc1cc(C)c2cc(-c3ccccc3)c(N)nc2c1. The first-order valence-corrected chi connectivity index (χ1v) is 6.38. The lowest BCUT2D eigenvalue weighted by Crippen LogP contribution is -1.96. The predicted molar refractivity (Wildman–Crippen MR) is 81.1 cm³/mol. The summed E-state index contributed by atoms with van der Waals surface area (Å²) < 4.78 is 0. The second-order valence-electron chi connectivity index (χ2n) is 4.94. The Bertz CT molecular complexity index is 746. The van der Waals surface area contributed by atoms with Crippen LogP contribution in [0.15, 0.2) is 48.5 Å². The number of pyridine rings is 1. The van der Waals surface area contributed by atoms with Gasteiger partial charge in [0.2, 0.25) is 0 Å². The number of nitrogens with zero attached hydrogens (tertiary/aromatic N) is 1. The third-order valence-electron chi connectivity index (χ3n) is 3.40. The molecule has 0 radical (unpaired) electrons. The van der Waals surface area contributed by atoms with Gasteiger partial charge >= 0.3 is 0 Å². The lowest BCUT2D eigenvalue weighted by atomic mass is 10.0. The maximum atomic E-state index is 6.11. The standard InChI is InChI=1S/C17H16N2/c1-11-8-12(2)14-10-15(13-6-4-3-5-7-13)17(18)19-16(14)9-11/h3-10H,1-2H3,(H2,18,19). The van der Waals surface area contributed by atoms with E-state index in [4.69, 9.17) is 5.73 Å². The van der Waals surface area contributed by atoms with E-state index in [0.29, 0.717) is 5.82 Å². The van der Waals surface area contributed by atoms with Crippen LogP contribution in [0.1, 0.15) is 11.1 Å². The Kier molecular flexibility index (Phi) is 2.71. The molecule has 0 aliphatic carbocycles. The van der Waals surface area contributed by atoms with E-state index in [9.17, 15) is 0 Å². The van der Waals surface area contributed by atoms with Crippen molar-refractivity contribution in [2.24, 2.45) is 0 Å². The van der Waals surface area contributed by atoms with Crippen molar-refractivity contribution >= 4 is 16.7 Å². The molecule has 0 saturated heterocycles. The lowest BCUT2D eigenvalue weighted by molar-refractivity contribution is 1.36. The van der Waals surface area contributed by atoms with Crippen molar-refractivity contribution in [2.45, 2.75) is 13.8 Å². The molecule has 0 atom stereocenters. The lowest BCUT2D eigenvalue weighted by Gasteiger charge is -2.10. The van der Waals surface area contributed by atoms with Crippen LogP contribution in [-0.2, 0) is 0 Å². The van der Waals surface area contributed by atoms with Gasteiger partial charge in [-0.1, -0.05) is 36.4 Å². The number of aryl methyl sites for hydroxylation is 2. The van der Waals surface area contributed by atoms with Crippen LogP contribution in [-0.4, -0.2) is 4.98 Å². The highest BCUT2D eigenvalue weighted by Gasteiger charge is 2.08. The summed E-state index contributed by atoms with van der Waals surface area (Å²) >= 11 is 0. The molecule has 0 spiro atoms. The molecule has 1 aromatic heterocycles. The van der Waals surface area contributed by atoms with Gasteiger partial charge < -0.3 is 5.73 Å². The van der Waals surface area contributed by atoms with Gasteiger partial charge in [0.05, 0.1) is 5.52 Å². The average Bonchev–Trinajstić information content (AvgIpc) is 2.38. The van der Waals surface area contributed by atoms with Crippen LogP contribution < -0.4 is 5.73 Å². The summed E-state index contributed by atoms with van der Waals surface area (Å²) in [5.74, 6) is 0.587. The molecule has 2 aromatic carbocycles. The fourth-order valence-corrected chi connectivity index (χ4v) is 2.49. The third kappa shape index (κ3) is 2.06. The van der Waals surface area contributed by atoms with E-state index in [-0.39, 0.29) is 0 Å². The number of anilines is 1. The Morgan fingerprint density at radius 2 is 1.68 bits per heavy atom. The second kappa shape index (κ2) is 4.39. The Balaban J connectivity index is 2.31. The first-order valence-electron chi connectivity index (χ1n) is 6.38. The van der Waals surface area contributed by atoms with Gasteiger partial charge in [-0.25, -0.2) is 4.98 Å². The predicted octanol–water partition coefficient (Wildman–Crippen LogP) is 4.10. The van der Waals surface area contributed by atoms with Gasteiger partial charge in [-0.2, -0.15) is 0 Å². The van der Waals surface area contributed by atoms with Crippen molar-refractivity contribution < 1.29 is 0 Å². The van der Waals surface area contributed by atoms with Crippen LogP contribution in [0.25, 0.3) is 22.0 Å². The molecule has 2 heteroatoms. The van der Waals surface area contributed by atoms with E-state index < -0.39 is 0 Å². The molecule has 0 amide bonds. The van der Waals surface area contributed by atoms with Gasteiger partial charge in [-0.05, 0) is 42.7 Å². The molecule has 1 heterocycles. The van der Waals surface area contributed by atoms with Crippen molar-refractivity contribution in [3.05, 3.63) is 59.7 Å². The van der Waals surface area contributed by atoms with E-state index in [0.717, 1.165) is 16.6 Å². The number of fused-ring (bicyclic) bond motifs is 1. The summed E-state index contributed by atoms with van der Waals surface area (Å²) in [7, 11) is 0. The smallest absolute Gasteiger partial charge is 0.131 e. The first-order chi connectivity index (χ1) is 9.15. The molecule has 0 aliphatic heterocycles. The topological polar surface area (TPSA) is 38.9 Å². The van der Waals surface area contributed by atoms with Crippen LogP contribution in [0.2, 0.25) is 0 Å². The fourth-order valence-electron chi connectivity index (χ4n) is 2.49. The molecule has 0 aliphatic rings. The van der Waals surface area contributed by atoms with Crippen LogP contribution in [0.4, 0.5) is 5.82 Å². The molecule has 0 saturated carbocycles. The zero-order valence-electron chi connectivity index (χ0n) is 11.1. The summed E-state index contributed by atoms with van der Waals surface area (Å²) in [6, 6.07) is 16.5. The molecular formula is C17H16N2. The number of nitrogens with two attached hydrogens (primary N) is 1. The van der Waals surface area contributed by atoms with Crippen LogP contribution in [0.5, 0.6) is 0 Å². The molecule has 2 N–H and O–H groups in total. The molecule has 94 valence electrons. The molecule has 19 heavy (non-hydrogen) atoms. The van der Waals surface area contributed by atoms with Gasteiger partial charge in [-0.15, -0.1) is 0 Å². The van der Waals surface area contributed by atoms with E-state index in [1.54, 1.807) is 0 Å². The highest BCUT2D eigenvalue weighted by molar-refractivity contribution is 5.91. The summed E-state index contributed by atoms with van der Waals surface area (Å²) in [6.45, 7) is 4.19. The zero-order valence-corrected chi connectivity index (χ0v) is 11.1. The normalized spacial score (nSPS) is 10.8. The Labute approximate surface area is 112 Å². The van der Waals surface area contributed by atoms with Crippen LogP contribution >= 0.6 is 0 Å². The quantitative estimate of drug-likeness (QED) is 0.704. The van der Waals surface area contributed by atoms with Gasteiger partial charge in [0.15, 0.2) is 0 Å². The van der Waals surface area contributed by atoms with Gasteiger partial charge in [0.25, 0.3) is 0 Å². The average molecular weight is 248 g/mol. The Hall–Kier alpha value is -2.35. The minimum absolute atomic E-state index is 0.587. The number of benzene rings is 2. The van der Waals surface area contributed by atoms with Gasteiger partial charge in [0.1, 0.15) is 5.82 Å². The minimum Gasteiger partial charge on any atom is -0.383 e. The third-order valence-corrected chi connectivity index (χ3v) is 3.40. The Morgan fingerprint density at radius 1 is 0.947 bits per heavy atom. The molecule has 2 nitrogen and oxygen atoms in total. The van der Waals surface area contributed by atoms with E-state index in [2.05, 4.69) is 49.2 Å². The molecule has 0 fully saturated rings. The number of hydrogen-bond acceptors (Lipinski definition) is 2. The van der Waals surface area contributed by atoms with Crippen molar-refractivity contribution in [1.82, 2.24) is 4.98 Å². The van der Waals surface area contributed by atoms with Crippen molar-refractivity contribution in [3.8, 4) is 11.1 Å². The number of aromatic nitrogens is 1. The number of rotatable bonds is 1. The number of hydrogen-bond donors (Lipinski definition) is 1. The van der Waals surface area contributed by atoms with Crippen molar-refractivity contribution in [2.75, 3.05) is 5.73 Å². The van der Waals surface area contributed by atoms with Crippen LogP contribution in [0.3, 0.4) is 0 Å². The zero-order chi connectivity index (χ0) is 13.4. The highest BCUT2D eigenvalue weighted by atomic mass is 14.8. The Morgan fingerprint density at radius 3 is 2.42 bits per heavy atom. The molecule has 3 aromatic rings.